The highest BCUT2D eigenvalue weighted by atomic mass is 15.4. The summed E-state index contributed by atoms with van der Waals surface area (Å²) in [7, 11) is 0. The van der Waals surface area contributed by atoms with Gasteiger partial charge in [0.2, 0.25) is 0 Å². The highest BCUT2D eigenvalue weighted by Crippen LogP contribution is 2.30. The van der Waals surface area contributed by atoms with Crippen LogP contribution < -0.4 is 5.84 Å². The number of hydrogen-bond acceptors (Lipinski definition) is 2. The van der Waals surface area contributed by atoms with Crippen molar-refractivity contribution in [2.75, 3.05) is 0 Å². The van der Waals surface area contributed by atoms with Crippen LogP contribution in [0.3, 0.4) is 0 Å². The van der Waals surface area contributed by atoms with Gasteiger partial charge in [-0.3, -0.25) is 0 Å². The van der Waals surface area contributed by atoms with E-state index in [1.54, 1.807) is 0 Å². The summed E-state index contributed by atoms with van der Waals surface area (Å²) >= 11 is 0. The van der Waals surface area contributed by atoms with Gasteiger partial charge in [-0.05, 0) is 59.0 Å². The minimum absolute atomic E-state index is 0.0134. The molecule has 0 saturated heterocycles. The maximum atomic E-state index is 6.19. The molecule has 2 N–H and O–H groups in total. The van der Waals surface area contributed by atoms with Gasteiger partial charge in [-0.15, -0.1) is 0 Å². The second-order valence-corrected chi connectivity index (χ2v) is 5.22. The fourth-order valence-electron chi connectivity index (χ4n) is 1.97. The second-order valence-electron chi connectivity index (χ2n) is 5.22. The lowest BCUT2D eigenvalue weighted by atomic mass is 9.93. The molecule has 2 nitrogen and oxygen atoms in total. The predicted molar refractivity (Wildman–Crippen MR) is 66.1 cm³/mol. The molecule has 1 rings (SSSR count). The Balaban J connectivity index is 2.96. The van der Waals surface area contributed by atoms with Crippen LogP contribution in [0.4, 0.5) is 0 Å². The van der Waals surface area contributed by atoms with Crippen LogP contribution in [0.15, 0.2) is 23.4 Å². The van der Waals surface area contributed by atoms with E-state index in [4.69, 9.17) is 5.84 Å². The zero-order chi connectivity index (χ0) is 11.5. The summed E-state index contributed by atoms with van der Waals surface area (Å²) < 4.78 is 0. The molecule has 15 heavy (non-hydrogen) atoms. The molecule has 0 amide bonds. The number of allylic oxidation sites excluding steroid dienone is 4. The van der Waals surface area contributed by atoms with Crippen LogP contribution in [-0.4, -0.2) is 10.5 Å². The normalized spacial score (nSPS) is 18.7. The number of hydrogen-bond donors (Lipinski definition) is 1. The molecule has 0 aliphatic heterocycles. The molecule has 1 aliphatic carbocycles. The van der Waals surface area contributed by atoms with Gasteiger partial charge in [-0.1, -0.05) is 12.2 Å². The fourth-order valence-corrected chi connectivity index (χ4v) is 1.97. The van der Waals surface area contributed by atoms with Crippen molar-refractivity contribution < 1.29 is 0 Å². The third-order valence-corrected chi connectivity index (χ3v) is 2.86. The Labute approximate surface area is 93.8 Å². The molecule has 1 aliphatic rings. The van der Waals surface area contributed by atoms with Crippen molar-refractivity contribution in [1.29, 1.82) is 0 Å². The summed E-state index contributed by atoms with van der Waals surface area (Å²) in [5.74, 6) is 6.19. The predicted octanol–water partition coefficient (Wildman–Crippen LogP) is 3.36. The standard InChI is InChI=1S/C13H24N2/c1-5-8-11-9-6-7-10-12(11)15(14)13(2,3)4/h5,8H,6-7,9-10,14H2,1-4H3/b8-5-. The molecule has 0 atom stereocenters. The maximum Gasteiger partial charge on any atom is 0.0473 e. The van der Waals surface area contributed by atoms with E-state index in [1.807, 2.05) is 5.01 Å². The topological polar surface area (TPSA) is 29.3 Å². The first kappa shape index (κ1) is 12.3. The summed E-state index contributed by atoms with van der Waals surface area (Å²) in [5.41, 5.74) is 2.76. The Morgan fingerprint density at radius 2 is 1.80 bits per heavy atom. The average molecular weight is 208 g/mol. The first-order valence-electron chi connectivity index (χ1n) is 5.86. The van der Waals surface area contributed by atoms with Crippen LogP contribution in [0.25, 0.3) is 0 Å². The second kappa shape index (κ2) is 4.84. The Kier molecular flexibility index (Phi) is 3.97. The molecule has 0 radical (unpaired) electrons. The highest BCUT2D eigenvalue weighted by molar-refractivity contribution is 5.27. The Bertz CT molecular complexity index is 269. The van der Waals surface area contributed by atoms with Crippen LogP contribution in [0.2, 0.25) is 0 Å². The summed E-state index contributed by atoms with van der Waals surface area (Å²) in [4.78, 5) is 0. The molecule has 0 heterocycles. The van der Waals surface area contributed by atoms with Gasteiger partial charge in [0.25, 0.3) is 0 Å². The van der Waals surface area contributed by atoms with E-state index in [1.165, 1.54) is 30.5 Å². The van der Waals surface area contributed by atoms with E-state index in [0.29, 0.717) is 0 Å². The van der Waals surface area contributed by atoms with E-state index in [-0.39, 0.29) is 5.54 Å². The van der Waals surface area contributed by atoms with Crippen molar-refractivity contribution in [3.05, 3.63) is 23.4 Å². The lowest BCUT2D eigenvalue weighted by Gasteiger charge is -2.37. The molecule has 86 valence electrons. The van der Waals surface area contributed by atoms with Crippen LogP contribution in [0.5, 0.6) is 0 Å². The lowest BCUT2D eigenvalue weighted by Crippen LogP contribution is -2.46. The molecule has 0 unspecified atom stereocenters. The first-order valence-corrected chi connectivity index (χ1v) is 5.86. The molecular weight excluding hydrogens is 184 g/mol. The average Bonchev–Trinajstić information content (AvgIpc) is 2.17. The Hall–Kier alpha value is -0.760. The third-order valence-electron chi connectivity index (χ3n) is 2.86. The summed E-state index contributed by atoms with van der Waals surface area (Å²) in [6.45, 7) is 8.53. The summed E-state index contributed by atoms with van der Waals surface area (Å²) in [6.07, 6.45) is 9.16. The fraction of sp³-hybridized carbons (Fsp3) is 0.692. The first-order chi connectivity index (χ1) is 6.96. The van der Waals surface area contributed by atoms with Gasteiger partial charge in [0.1, 0.15) is 0 Å². The smallest absolute Gasteiger partial charge is 0.0473 e. The van der Waals surface area contributed by atoms with Crippen LogP contribution >= 0.6 is 0 Å². The van der Waals surface area contributed by atoms with E-state index in [0.717, 1.165) is 6.42 Å². The number of hydrazine groups is 1. The van der Waals surface area contributed by atoms with Crippen LogP contribution in [0, 0.1) is 0 Å². The quantitative estimate of drug-likeness (QED) is 0.557. The molecule has 0 fully saturated rings. The number of rotatable bonds is 2. The minimum Gasteiger partial charge on any atom is -0.310 e. The SMILES string of the molecule is C/C=C\C1=C(N(N)C(C)(C)C)CCCC1. The van der Waals surface area contributed by atoms with Gasteiger partial charge in [-0.2, -0.15) is 0 Å². The molecule has 0 spiro atoms. The molecule has 0 aromatic heterocycles. The number of nitrogens with two attached hydrogens (primary N) is 1. The van der Waals surface area contributed by atoms with Gasteiger partial charge >= 0.3 is 0 Å². The monoisotopic (exact) mass is 208 g/mol. The van der Waals surface area contributed by atoms with E-state index in [9.17, 15) is 0 Å². The van der Waals surface area contributed by atoms with Crippen molar-refractivity contribution in [2.24, 2.45) is 5.84 Å². The Morgan fingerprint density at radius 3 is 2.33 bits per heavy atom. The lowest BCUT2D eigenvalue weighted by molar-refractivity contribution is 0.176. The molecular formula is C13H24N2. The third kappa shape index (κ3) is 3.10. The summed E-state index contributed by atoms with van der Waals surface area (Å²) in [6, 6.07) is 0. The van der Waals surface area contributed by atoms with Gasteiger partial charge in [0.05, 0.1) is 0 Å². The molecule has 0 aromatic carbocycles. The van der Waals surface area contributed by atoms with Crippen molar-refractivity contribution in [1.82, 2.24) is 5.01 Å². The molecule has 0 bridgehead atoms. The van der Waals surface area contributed by atoms with Gasteiger partial charge in [-0.25, -0.2) is 5.84 Å². The van der Waals surface area contributed by atoms with Crippen molar-refractivity contribution in [3.63, 3.8) is 0 Å². The van der Waals surface area contributed by atoms with Crippen LogP contribution in [-0.2, 0) is 0 Å². The molecule has 0 aromatic rings. The van der Waals surface area contributed by atoms with Crippen molar-refractivity contribution in [2.45, 2.75) is 58.9 Å². The van der Waals surface area contributed by atoms with Gasteiger partial charge in [0.15, 0.2) is 0 Å². The van der Waals surface area contributed by atoms with E-state index in [2.05, 4.69) is 39.8 Å². The minimum atomic E-state index is 0.0134. The Morgan fingerprint density at radius 1 is 1.20 bits per heavy atom. The van der Waals surface area contributed by atoms with Crippen molar-refractivity contribution >= 4 is 0 Å². The summed E-state index contributed by atoms with van der Waals surface area (Å²) in [5, 5.41) is 1.95. The van der Waals surface area contributed by atoms with Crippen molar-refractivity contribution in [3.8, 4) is 0 Å². The zero-order valence-electron chi connectivity index (χ0n) is 10.5. The maximum absolute atomic E-state index is 6.19. The largest absolute Gasteiger partial charge is 0.310 e. The van der Waals surface area contributed by atoms with Gasteiger partial charge in [0, 0.05) is 11.2 Å². The number of nitrogens with zero attached hydrogens (tertiary/aromatic N) is 1. The van der Waals surface area contributed by atoms with E-state index >= 15 is 0 Å². The van der Waals surface area contributed by atoms with E-state index < -0.39 is 0 Å². The highest BCUT2D eigenvalue weighted by Gasteiger charge is 2.23. The molecule has 0 saturated carbocycles. The zero-order valence-corrected chi connectivity index (χ0v) is 10.5. The van der Waals surface area contributed by atoms with Crippen LogP contribution in [0.1, 0.15) is 53.4 Å². The van der Waals surface area contributed by atoms with Gasteiger partial charge < -0.3 is 5.01 Å². The molecule has 2 heteroatoms.